The van der Waals surface area contributed by atoms with Crippen molar-refractivity contribution in [2.45, 2.75) is 39.2 Å². The second-order valence-corrected chi connectivity index (χ2v) is 10.8. The van der Waals surface area contributed by atoms with Crippen molar-refractivity contribution in [2.75, 3.05) is 56.2 Å². The van der Waals surface area contributed by atoms with Gasteiger partial charge in [0.1, 0.15) is 11.2 Å². The fraction of sp³-hybridized carbons (Fsp3) is 0.419. The smallest absolute Gasteiger partial charge is 0.228 e. The van der Waals surface area contributed by atoms with E-state index in [1.807, 2.05) is 18.5 Å². The zero-order valence-electron chi connectivity index (χ0n) is 23.2. The number of benzene rings is 2. The molecule has 0 radical (unpaired) electrons. The maximum absolute atomic E-state index is 12.5. The van der Waals surface area contributed by atoms with Crippen LogP contribution in [0.3, 0.4) is 0 Å². The van der Waals surface area contributed by atoms with Crippen LogP contribution in [0.5, 0.6) is 0 Å². The molecule has 6 rings (SSSR count). The quantitative estimate of drug-likeness (QED) is 0.353. The average Bonchev–Trinajstić information content (AvgIpc) is 3.40. The molecular formula is C31H37N7O2. The van der Waals surface area contributed by atoms with Gasteiger partial charge in [-0.05, 0) is 56.6 Å². The maximum Gasteiger partial charge on any atom is 0.228 e. The summed E-state index contributed by atoms with van der Waals surface area (Å²) in [7, 11) is 0. The van der Waals surface area contributed by atoms with Crippen LogP contribution in [0.25, 0.3) is 22.4 Å². The number of rotatable bonds is 8. The molecule has 0 spiro atoms. The summed E-state index contributed by atoms with van der Waals surface area (Å²) in [6.45, 7) is 8.61. The van der Waals surface area contributed by atoms with Crippen LogP contribution in [0.1, 0.15) is 36.8 Å². The number of anilines is 2. The Labute approximate surface area is 235 Å². The molecule has 40 heavy (non-hydrogen) atoms. The molecule has 0 unspecified atom stereocenters. The number of carbonyl (C=O) groups excluding carboxylic acids is 1. The Kier molecular flexibility index (Phi) is 8.02. The largest absolute Gasteiger partial charge is 0.378 e. The molecule has 1 amide bonds. The van der Waals surface area contributed by atoms with E-state index in [-0.39, 0.29) is 5.91 Å². The molecule has 2 aliphatic rings. The highest BCUT2D eigenvalue weighted by Crippen LogP contribution is 2.29. The summed E-state index contributed by atoms with van der Waals surface area (Å²) in [5.41, 5.74) is 6.58. The summed E-state index contributed by atoms with van der Waals surface area (Å²) in [6.07, 6.45) is 6.15. The van der Waals surface area contributed by atoms with Gasteiger partial charge < -0.3 is 24.4 Å². The van der Waals surface area contributed by atoms with E-state index < -0.39 is 0 Å². The minimum atomic E-state index is 0.0648. The van der Waals surface area contributed by atoms with Gasteiger partial charge in [-0.15, -0.1) is 0 Å². The number of imidazole rings is 1. The van der Waals surface area contributed by atoms with Crippen LogP contribution in [-0.2, 0) is 16.1 Å². The number of hydrogen-bond donors (Lipinski definition) is 1. The number of amides is 1. The normalized spacial score (nSPS) is 16.4. The highest BCUT2D eigenvalue weighted by Gasteiger charge is 2.20. The fourth-order valence-corrected chi connectivity index (χ4v) is 5.50. The summed E-state index contributed by atoms with van der Waals surface area (Å²) >= 11 is 0. The van der Waals surface area contributed by atoms with Crippen molar-refractivity contribution in [2.24, 2.45) is 0 Å². The van der Waals surface area contributed by atoms with Crippen LogP contribution >= 0.6 is 0 Å². The number of ether oxygens (including phenoxy) is 1. The molecule has 4 aromatic rings. The second kappa shape index (κ2) is 12.1. The minimum Gasteiger partial charge on any atom is -0.378 e. The molecule has 2 saturated heterocycles. The molecule has 4 heterocycles. The van der Waals surface area contributed by atoms with Crippen molar-refractivity contribution in [3.05, 3.63) is 66.0 Å². The first kappa shape index (κ1) is 26.4. The van der Waals surface area contributed by atoms with Gasteiger partial charge in [0.15, 0.2) is 5.65 Å². The number of aryl methyl sites for hydroxylation is 1. The molecule has 208 valence electrons. The zero-order chi connectivity index (χ0) is 27.3. The van der Waals surface area contributed by atoms with Crippen LogP contribution in [0.15, 0.2) is 54.9 Å². The molecule has 2 fully saturated rings. The summed E-state index contributed by atoms with van der Waals surface area (Å²) in [6, 6.07) is 16.4. The van der Waals surface area contributed by atoms with E-state index in [0.29, 0.717) is 32.1 Å². The number of nitrogens with one attached hydrogen (secondary N) is 1. The Bertz CT molecular complexity index is 1450. The first-order valence-corrected chi connectivity index (χ1v) is 14.4. The number of piperidine rings is 1. The summed E-state index contributed by atoms with van der Waals surface area (Å²) in [5, 5.41) is 3.05. The molecule has 2 aromatic carbocycles. The van der Waals surface area contributed by atoms with Crippen molar-refractivity contribution >= 4 is 28.7 Å². The molecule has 2 aromatic heterocycles. The van der Waals surface area contributed by atoms with Crippen LogP contribution in [0.2, 0.25) is 0 Å². The second-order valence-electron chi connectivity index (χ2n) is 10.8. The van der Waals surface area contributed by atoms with Crippen molar-refractivity contribution in [1.82, 2.24) is 24.4 Å². The maximum atomic E-state index is 12.5. The highest BCUT2D eigenvalue weighted by molar-refractivity contribution is 5.91. The van der Waals surface area contributed by atoms with E-state index in [1.165, 1.54) is 24.8 Å². The third-order valence-electron chi connectivity index (χ3n) is 7.73. The van der Waals surface area contributed by atoms with Crippen LogP contribution < -0.4 is 10.2 Å². The zero-order valence-corrected chi connectivity index (χ0v) is 23.2. The molecule has 9 nitrogen and oxygen atoms in total. The van der Waals surface area contributed by atoms with Gasteiger partial charge in [-0.25, -0.2) is 9.97 Å². The van der Waals surface area contributed by atoms with Gasteiger partial charge in [-0.3, -0.25) is 4.79 Å². The highest BCUT2D eigenvalue weighted by atomic mass is 16.5. The van der Waals surface area contributed by atoms with Gasteiger partial charge in [0.2, 0.25) is 11.9 Å². The standard InChI is InChI=1S/C31H37N7O2/c1-23-6-5-7-25(20-23)28-29-30(35-31(34-28)37-16-18-40-19-17-37)38(22-32-29)21-24-8-10-26(11-9-24)33-27(39)12-15-36-13-3-2-4-14-36/h5-11,20,22H,2-4,12-19,21H2,1H3,(H,33,39). The Balaban J connectivity index is 1.20. The molecule has 0 saturated carbocycles. The van der Waals surface area contributed by atoms with Gasteiger partial charge in [0, 0.05) is 37.3 Å². The number of aromatic nitrogens is 4. The minimum absolute atomic E-state index is 0.0648. The van der Waals surface area contributed by atoms with Gasteiger partial charge in [0.05, 0.1) is 26.1 Å². The first-order chi connectivity index (χ1) is 19.6. The summed E-state index contributed by atoms with van der Waals surface area (Å²) in [4.78, 5) is 31.8. The monoisotopic (exact) mass is 539 g/mol. The predicted octanol–water partition coefficient (Wildman–Crippen LogP) is 4.50. The molecule has 0 bridgehead atoms. The lowest BCUT2D eigenvalue weighted by atomic mass is 10.1. The number of hydrogen-bond acceptors (Lipinski definition) is 7. The fourth-order valence-electron chi connectivity index (χ4n) is 5.50. The Morgan fingerprint density at radius 1 is 0.975 bits per heavy atom. The molecular weight excluding hydrogens is 502 g/mol. The molecule has 2 aliphatic heterocycles. The molecule has 1 N–H and O–H groups in total. The number of morpholine rings is 1. The van der Waals surface area contributed by atoms with Crippen molar-refractivity contribution < 1.29 is 9.53 Å². The number of nitrogens with zero attached hydrogens (tertiary/aromatic N) is 6. The average molecular weight is 540 g/mol. The van der Waals surface area contributed by atoms with Gasteiger partial charge >= 0.3 is 0 Å². The van der Waals surface area contributed by atoms with E-state index in [2.05, 4.69) is 63.0 Å². The van der Waals surface area contributed by atoms with Crippen LogP contribution in [0, 0.1) is 6.92 Å². The predicted molar refractivity (Wildman–Crippen MR) is 158 cm³/mol. The lowest BCUT2D eigenvalue weighted by Crippen LogP contribution is -2.37. The van der Waals surface area contributed by atoms with Gasteiger partial charge in [0.25, 0.3) is 0 Å². The third kappa shape index (κ3) is 6.16. The Morgan fingerprint density at radius 2 is 1.77 bits per heavy atom. The molecule has 0 aliphatic carbocycles. The van der Waals surface area contributed by atoms with E-state index in [9.17, 15) is 4.79 Å². The van der Waals surface area contributed by atoms with Gasteiger partial charge in [-0.1, -0.05) is 42.3 Å². The number of fused-ring (bicyclic) bond motifs is 1. The first-order valence-electron chi connectivity index (χ1n) is 14.4. The van der Waals surface area contributed by atoms with E-state index in [0.717, 1.165) is 66.4 Å². The SMILES string of the molecule is Cc1cccc(-c2nc(N3CCOCC3)nc3c2ncn3Cc2ccc(NC(=O)CCN3CCCCC3)cc2)c1. The van der Waals surface area contributed by atoms with E-state index >= 15 is 0 Å². The molecule has 0 atom stereocenters. The van der Waals surface area contributed by atoms with Crippen LogP contribution in [0.4, 0.5) is 11.6 Å². The van der Waals surface area contributed by atoms with E-state index in [4.69, 9.17) is 19.7 Å². The van der Waals surface area contributed by atoms with Crippen LogP contribution in [-0.4, -0.2) is 76.3 Å². The number of likely N-dealkylation sites (tertiary alicyclic amines) is 1. The van der Waals surface area contributed by atoms with Gasteiger partial charge in [-0.2, -0.15) is 4.98 Å². The van der Waals surface area contributed by atoms with E-state index in [1.54, 1.807) is 0 Å². The third-order valence-corrected chi connectivity index (χ3v) is 7.73. The lowest BCUT2D eigenvalue weighted by molar-refractivity contribution is -0.116. The van der Waals surface area contributed by atoms with Crippen molar-refractivity contribution in [1.29, 1.82) is 0 Å². The molecule has 9 heteroatoms. The summed E-state index contributed by atoms with van der Waals surface area (Å²) in [5.74, 6) is 0.770. The topological polar surface area (TPSA) is 88.4 Å². The number of carbonyl (C=O) groups is 1. The summed E-state index contributed by atoms with van der Waals surface area (Å²) < 4.78 is 7.63. The van der Waals surface area contributed by atoms with Crippen molar-refractivity contribution in [3.63, 3.8) is 0 Å². The van der Waals surface area contributed by atoms with Crippen molar-refractivity contribution in [3.8, 4) is 11.3 Å². The Hall–Kier alpha value is -3.82. The Morgan fingerprint density at radius 3 is 2.55 bits per heavy atom. The lowest BCUT2D eigenvalue weighted by Gasteiger charge is -2.27.